The van der Waals surface area contributed by atoms with Crippen molar-refractivity contribution in [3.8, 4) is 11.5 Å². The van der Waals surface area contributed by atoms with Crippen molar-refractivity contribution in [3.05, 3.63) is 18.2 Å². The number of sulfonamides is 1. The van der Waals surface area contributed by atoms with Crippen LogP contribution in [0.3, 0.4) is 0 Å². The van der Waals surface area contributed by atoms with Crippen molar-refractivity contribution >= 4 is 16.0 Å². The van der Waals surface area contributed by atoms with Gasteiger partial charge in [0, 0.05) is 13.6 Å². The van der Waals surface area contributed by atoms with Crippen LogP contribution in [0.25, 0.3) is 0 Å². The molecule has 8 heteroatoms. The number of carboxylic acid groups (broad SMARTS) is 1. The van der Waals surface area contributed by atoms with Gasteiger partial charge in [-0.3, -0.25) is 4.79 Å². The predicted octanol–water partition coefficient (Wildman–Crippen LogP) is 0.510. The maximum absolute atomic E-state index is 12.3. The zero-order valence-corrected chi connectivity index (χ0v) is 11.0. The highest BCUT2D eigenvalue weighted by Gasteiger charge is 2.29. The Morgan fingerprint density at radius 1 is 1.42 bits per heavy atom. The molecule has 19 heavy (non-hydrogen) atoms. The van der Waals surface area contributed by atoms with Gasteiger partial charge in [-0.15, -0.1) is 0 Å². The lowest BCUT2D eigenvalue weighted by Gasteiger charge is -2.17. The molecule has 1 N–H and O–H groups in total. The molecule has 0 aromatic heterocycles. The molecule has 0 unspecified atom stereocenters. The number of carbonyl (C=O) groups is 1. The smallest absolute Gasteiger partial charge is 0.304 e. The van der Waals surface area contributed by atoms with Crippen LogP contribution in [0.15, 0.2) is 23.1 Å². The number of carboxylic acids is 1. The molecule has 1 heterocycles. The number of ether oxygens (including phenoxy) is 2. The summed E-state index contributed by atoms with van der Waals surface area (Å²) in [5, 5.41) is 8.59. The van der Waals surface area contributed by atoms with Crippen molar-refractivity contribution in [2.24, 2.45) is 0 Å². The van der Waals surface area contributed by atoms with E-state index in [-0.39, 0.29) is 30.4 Å². The maximum Gasteiger partial charge on any atom is 0.304 e. The summed E-state index contributed by atoms with van der Waals surface area (Å²) in [5.74, 6) is -0.516. The molecule has 0 fully saturated rings. The molecule has 0 atom stereocenters. The maximum atomic E-state index is 12.3. The van der Waals surface area contributed by atoms with Crippen LogP contribution in [0.5, 0.6) is 11.5 Å². The number of hydrogen-bond acceptors (Lipinski definition) is 5. The van der Waals surface area contributed by atoms with E-state index in [2.05, 4.69) is 0 Å². The zero-order chi connectivity index (χ0) is 14.0. The third kappa shape index (κ3) is 2.64. The minimum absolute atomic E-state index is 0.0182. The van der Waals surface area contributed by atoms with Gasteiger partial charge in [-0.25, -0.2) is 12.7 Å². The van der Waals surface area contributed by atoms with Gasteiger partial charge in [0.05, 0.1) is 6.42 Å². The second-order valence-corrected chi connectivity index (χ2v) is 5.97. The SMILES string of the molecule is CN(CCC(=O)O)S(=O)(=O)c1cccc2c1OCO2. The molecule has 1 aliphatic rings. The van der Waals surface area contributed by atoms with E-state index in [1.54, 1.807) is 12.1 Å². The second kappa shape index (κ2) is 5.06. The first kappa shape index (κ1) is 13.6. The molecule has 0 bridgehead atoms. The molecule has 2 rings (SSSR count). The van der Waals surface area contributed by atoms with E-state index in [1.807, 2.05) is 0 Å². The summed E-state index contributed by atoms with van der Waals surface area (Å²) in [5.41, 5.74) is 0. The van der Waals surface area contributed by atoms with Gasteiger partial charge in [-0.2, -0.15) is 0 Å². The molecule has 1 aliphatic heterocycles. The minimum atomic E-state index is -3.79. The highest BCUT2D eigenvalue weighted by atomic mass is 32.2. The van der Waals surface area contributed by atoms with Gasteiger partial charge in [-0.1, -0.05) is 6.07 Å². The van der Waals surface area contributed by atoms with Gasteiger partial charge in [0.1, 0.15) is 4.90 Å². The van der Waals surface area contributed by atoms with Gasteiger partial charge >= 0.3 is 5.97 Å². The Bertz CT molecular complexity index is 597. The molecule has 0 aliphatic carbocycles. The summed E-state index contributed by atoms with van der Waals surface area (Å²) in [4.78, 5) is 10.5. The molecule has 7 nitrogen and oxygen atoms in total. The van der Waals surface area contributed by atoms with Gasteiger partial charge < -0.3 is 14.6 Å². The fourth-order valence-electron chi connectivity index (χ4n) is 1.65. The summed E-state index contributed by atoms with van der Waals surface area (Å²) in [6.07, 6.45) is -0.262. The Hall–Kier alpha value is -1.80. The van der Waals surface area contributed by atoms with Crippen LogP contribution in [0.1, 0.15) is 6.42 Å². The van der Waals surface area contributed by atoms with Crippen molar-refractivity contribution in [3.63, 3.8) is 0 Å². The van der Waals surface area contributed by atoms with Gasteiger partial charge in [0.2, 0.25) is 16.8 Å². The third-order valence-electron chi connectivity index (χ3n) is 2.69. The molecular formula is C11H13NO6S. The van der Waals surface area contributed by atoms with Gasteiger partial charge in [0.25, 0.3) is 0 Å². The van der Waals surface area contributed by atoms with E-state index in [9.17, 15) is 13.2 Å². The van der Waals surface area contributed by atoms with Gasteiger partial charge in [-0.05, 0) is 12.1 Å². The van der Waals surface area contributed by atoms with E-state index >= 15 is 0 Å². The molecular weight excluding hydrogens is 274 g/mol. The molecule has 0 radical (unpaired) electrons. The first-order valence-corrected chi connectivity index (χ1v) is 6.93. The monoisotopic (exact) mass is 287 g/mol. The Kier molecular flexibility index (Phi) is 3.63. The van der Waals surface area contributed by atoms with Crippen LogP contribution >= 0.6 is 0 Å². The molecule has 0 saturated heterocycles. The summed E-state index contributed by atoms with van der Waals surface area (Å²) in [6, 6.07) is 4.56. The van der Waals surface area contributed by atoms with Crippen LogP contribution in [0.2, 0.25) is 0 Å². The largest absolute Gasteiger partial charge is 0.481 e. The molecule has 0 amide bonds. The van der Waals surface area contributed by atoms with E-state index in [4.69, 9.17) is 14.6 Å². The van der Waals surface area contributed by atoms with Crippen molar-refractivity contribution in [2.75, 3.05) is 20.4 Å². The minimum Gasteiger partial charge on any atom is -0.481 e. The number of rotatable bonds is 5. The summed E-state index contributed by atoms with van der Waals surface area (Å²) < 4.78 is 35.8. The highest BCUT2D eigenvalue weighted by molar-refractivity contribution is 7.89. The average Bonchev–Trinajstić information content (AvgIpc) is 2.83. The van der Waals surface area contributed by atoms with E-state index in [1.165, 1.54) is 13.1 Å². The number of fused-ring (bicyclic) bond motifs is 1. The highest BCUT2D eigenvalue weighted by Crippen LogP contribution is 2.38. The van der Waals surface area contributed by atoms with Crippen LogP contribution < -0.4 is 9.47 Å². The van der Waals surface area contributed by atoms with Gasteiger partial charge in [0.15, 0.2) is 11.5 Å². The number of para-hydroxylation sites is 1. The number of benzene rings is 1. The fourth-order valence-corrected chi connectivity index (χ4v) is 2.96. The lowest BCUT2D eigenvalue weighted by molar-refractivity contribution is -0.137. The lowest BCUT2D eigenvalue weighted by atomic mass is 10.3. The predicted molar refractivity (Wildman–Crippen MR) is 64.6 cm³/mol. The quantitative estimate of drug-likeness (QED) is 0.848. The van der Waals surface area contributed by atoms with Crippen LogP contribution in [0.4, 0.5) is 0 Å². The standard InChI is InChI=1S/C11H13NO6S/c1-12(6-5-10(13)14)19(15,16)9-4-2-3-8-11(9)18-7-17-8/h2-4H,5-7H2,1H3,(H,13,14). The van der Waals surface area contributed by atoms with Crippen molar-refractivity contribution in [1.29, 1.82) is 0 Å². The second-order valence-electron chi connectivity index (χ2n) is 3.96. The first-order chi connectivity index (χ1) is 8.93. The van der Waals surface area contributed by atoms with Crippen LogP contribution in [-0.2, 0) is 14.8 Å². The molecule has 0 spiro atoms. The Balaban J connectivity index is 2.30. The number of nitrogens with zero attached hydrogens (tertiary/aromatic N) is 1. The number of hydrogen-bond donors (Lipinski definition) is 1. The lowest BCUT2D eigenvalue weighted by Crippen LogP contribution is -2.29. The van der Waals surface area contributed by atoms with E-state index < -0.39 is 16.0 Å². The van der Waals surface area contributed by atoms with Crippen molar-refractivity contribution in [1.82, 2.24) is 4.31 Å². The summed E-state index contributed by atoms with van der Waals surface area (Å²) in [7, 11) is -2.47. The molecule has 104 valence electrons. The first-order valence-electron chi connectivity index (χ1n) is 5.49. The topological polar surface area (TPSA) is 93.1 Å². The third-order valence-corrected chi connectivity index (χ3v) is 4.57. The van der Waals surface area contributed by atoms with Crippen LogP contribution in [0, 0.1) is 0 Å². The van der Waals surface area contributed by atoms with Crippen molar-refractivity contribution < 1.29 is 27.8 Å². The Morgan fingerprint density at radius 2 is 2.16 bits per heavy atom. The Labute approximate surface area is 110 Å². The average molecular weight is 287 g/mol. The van der Waals surface area contributed by atoms with Crippen LogP contribution in [-0.4, -0.2) is 44.2 Å². The molecule has 1 aromatic carbocycles. The Morgan fingerprint density at radius 3 is 2.84 bits per heavy atom. The summed E-state index contributed by atoms with van der Waals surface area (Å²) in [6.45, 7) is -0.136. The van der Waals surface area contributed by atoms with E-state index in [0.717, 1.165) is 4.31 Å². The summed E-state index contributed by atoms with van der Waals surface area (Å²) >= 11 is 0. The molecule has 1 aromatic rings. The van der Waals surface area contributed by atoms with E-state index in [0.29, 0.717) is 5.75 Å². The van der Waals surface area contributed by atoms with Crippen molar-refractivity contribution in [2.45, 2.75) is 11.3 Å². The fraction of sp³-hybridized carbons (Fsp3) is 0.364. The zero-order valence-electron chi connectivity index (χ0n) is 10.2. The molecule has 0 saturated carbocycles. The normalized spacial score (nSPS) is 13.8. The number of aliphatic carboxylic acids is 1.